The van der Waals surface area contributed by atoms with Crippen LogP contribution in [0.25, 0.3) is 0 Å². The molecule has 204 valence electrons. The van der Waals surface area contributed by atoms with Gasteiger partial charge in [-0.2, -0.15) is 0 Å². The van der Waals surface area contributed by atoms with Crippen molar-refractivity contribution in [2.24, 2.45) is 23.7 Å². The molecule has 0 spiro atoms. The normalized spacial score (nSPS) is 24.8. The van der Waals surface area contributed by atoms with Gasteiger partial charge < -0.3 is 25.6 Å². The maximum Gasteiger partial charge on any atom is 0.407 e. The minimum atomic E-state index is -0.864. The first-order chi connectivity index (χ1) is 17.2. The molecule has 2 aliphatic heterocycles. The highest BCUT2D eigenvalue weighted by Gasteiger charge is 2.31. The molecular formula is C27H46N4O5. The molecule has 0 saturated carbocycles. The molecule has 2 saturated heterocycles. The van der Waals surface area contributed by atoms with Gasteiger partial charge >= 0.3 is 6.09 Å². The number of cyclic esters (lactones) is 1. The Morgan fingerprint density at radius 1 is 1.08 bits per heavy atom. The molecule has 2 fully saturated rings. The summed E-state index contributed by atoms with van der Waals surface area (Å²) in [5, 5.41) is 8.30. The topological polar surface area (TPSA) is 117 Å². The molecular weight excluding hydrogens is 460 g/mol. The zero-order valence-electron chi connectivity index (χ0n) is 22.5. The maximum atomic E-state index is 13.6. The van der Waals surface area contributed by atoms with Crippen molar-refractivity contribution in [3.63, 3.8) is 0 Å². The quantitative estimate of drug-likeness (QED) is 0.459. The third-order valence-corrected chi connectivity index (χ3v) is 6.70. The number of alkyl carbamates (subject to hydrolysis) is 1. The number of likely N-dealkylation sites (tertiary alicyclic amines) is 1. The highest BCUT2D eigenvalue weighted by atomic mass is 16.5. The predicted octanol–water partition coefficient (Wildman–Crippen LogP) is 3.00. The van der Waals surface area contributed by atoms with Crippen LogP contribution in [-0.2, 0) is 19.1 Å². The number of nitrogens with one attached hydrogen (secondary N) is 3. The van der Waals surface area contributed by atoms with E-state index >= 15 is 0 Å². The Morgan fingerprint density at radius 3 is 2.47 bits per heavy atom. The number of amides is 4. The Labute approximate surface area is 216 Å². The van der Waals surface area contributed by atoms with E-state index in [-0.39, 0.29) is 49.8 Å². The van der Waals surface area contributed by atoms with Gasteiger partial charge in [-0.1, -0.05) is 39.8 Å². The predicted molar refractivity (Wildman–Crippen MR) is 139 cm³/mol. The molecule has 0 aromatic carbocycles. The summed E-state index contributed by atoms with van der Waals surface area (Å²) in [5.41, 5.74) is 0. The fourth-order valence-corrected chi connectivity index (χ4v) is 4.72. The number of hydrogen-bond donors (Lipinski definition) is 3. The summed E-state index contributed by atoms with van der Waals surface area (Å²) in [7, 11) is 0. The molecule has 3 unspecified atom stereocenters. The molecule has 0 bridgehead atoms. The Kier molecular flexibility index (Phi) is 12.8. The van der Waals surface area contributed by atoms with Crippen molar-refractivity contribution < 1.29 is 23.9 Å². The molecule has 4 amide bonds. The molecule has 36 heavy (non-hydrogen) atoms. The monoisotopic (exact) mass is 506 g/mol. The lowest BCUT2D eigenvalue weighted by Crippen LogP contribution is -2.52. The Balaban J connectivity index is 2.17. The van der Waals surface area contributed by atoms with Crippen molar-refractivity contribution in [1.82, 2.24) is 20.9 Å². The van der Waals surface area contributed by atoms with Crippen molar-refractivity contribution in [3.8, 4) is 0 Å². The number of allylic oxidation sites excluding steroid dienone is 2. The minimum absolute atomic E-state index is 0.0356. The van der Waals surface area contributed by atoms with Crippen LogP contribution in [-0.4, -0.2) is 67.5 Å². The number of piperidine rings is 1. The van der Waals surface area contributed by atoms with E-state index < -0.39 is 18.0 Å². The molecule has 2 rings (SSSR count). The van der Waals surface area contributed by atoms with Gasteiger partial charge in [0.05, 0.1) is 13.2 Å². The lowest BCUT2D eigenvalue weighted by Gasteiger charge is -2.29. The van der Waals surface area contributed by atoms with Gasteiger partial charge in [0.1, 0.15) is 6.04 Å². The molecule has 3 N–H and O–H groups in total. The molecule has 0 radical (unpaired) electrons. The van der Waals surface area contributed by atoms with Crippen LogP contribution in [0.4, 0.5) is 4.79 Å². The first-order valence-electron chi connectivity index (χ1n) is 13.6. The van der Waals surface area contributed by atoms with E-state index in [0.29, 0.717) is 44.2 Å². The average Bonchev–Trinajstić information content (AvgIpc) is 2.85. The number of rotatable bonds is 7. The molecule has 0 aliphatic carbocycles. The summed E-state index contributed by atoms with van der Waals surface area (Å²) in [6.45, 7) is 10.1. The van der Waals surface area contributed by atoms with Crippen LogP contribution >= 0.6 is 0 Å². The van der Waals surface area contributed by atoms with Crippen molar-refractivity contribution in [1.29, 1.82) is 0 Å². The third kappa shape index (κ3) is 10.6. The molecule has 0 aromatic heterocycles. The second-order valence-electron chi connectivity index (χ2n) is 10.7. The van der Waals surface area contributed by atoms with Gasteiger partial charge in [0.15, 0.2) is 0 Å². The maximum absolute atomic E-state index is 13.6. The number of nitrogens with zero attached hydrogens (tertiary/aromatic N) is 1. The molecule has 2 aliphatic rings. The fraction of sp³-hybridized carbons (Fsp3) is 0.778. The Hall–Kier alpha value is -2.58. The third-order valence-electron chi connectivity index (χ3n) is 6.70. The number of carbonyl (C=O) groups is 4. The van der Waals surface area contributed by atoms with Crippen LogP contribution in [0.1, 0.15) is 72.6 Å². The molecule has 9 heteroatoms. The standard InChI is InChI=1S/C27H46N4O5/c1-19(2)10-11-21-9-8-16-36-27(35)28-13-12-23(30-25(33)22(21)17-20(3)4)26(34)29-18-24(32)31-14-6-5-7-15-31/h10-11,19-23H,5-9,12-18H2,1-4H3,(H,28,35)(H,29,34)(H,30,33)/b11-10+. The van der Waals surface area contributed by atoms with Crippen LogP contribution in [0.3, 0.4) is 0 Å². The summed E-state index contributed by atoms with van der Waals surface area (Å²) in [5.74, 6) is -0.415. The largest absolute Gasteiger partial charge is 0.450 e. The first kappa shape index (κ1) is 29.6. The van der Waals surface area contributed by atoms with Gasteiger partial charge in [-0.05, 0) is 62.7 Å². The molecule has 2 heterocycles. The van der Waals surface area contributed by atoms with E-state index in [0.717, 1.165) is 19.3 Å². The summed E-state index contributed by atoms with van der Waals surface area (Å²) >= 11 is 0. The van der Waals surface area contributed by atoms with Crippen molar-refractivity contribution >= 4 is 23.8 Å². The zero-order valence-corrected chi connectivity index (χ0v) is 22.5. The lowest BCUT2D eigenvalue weighted by molar-refractivity contribution is -0.135. The molecule has 0 aromatic rings. The number of carbonyl (C=O) groups excluding carboxylic acids is 4. The van der Waals surface area contributed by atoms with Crippen LogP contribution in [0.2, 0.25) is 0 Å². The van der Waals surface area contributed by atoms with E-state index in [1.165, 1.54) is 0 Å². The highest BCUT2D eigenvalue weighted by Crippen LogP contribution is 2.27. The first-order valence-corrected chi connectivity index (χ1v) is 13.6. The van der Waals surface area contributed by atoms with E-state index in [4.69, 9.17) is 4.74 Å². The second kappa shape index (κ2) is 15.5. The van der Waals surface area contributed by atoms with E-state index in [2.05, 4.69) is 55.8 Å². The molecule has 3 atom stereocenters. The lowest BCUT2D eigenvalue weighted by atomic mass is 9.81. The summed E-state index contributed by atoms with van der Waals surface area (Å²) in [4.78, 5) is 53.0. The fourth-order valence-electron chi connectivity index (χ4n) is 4.72. The summed E-state index contributed by atoms with van der Waals surface area (Å²) in [6.07, 6.45) is 8.96. The van der Waals surface area contributed by atoms with E-state index in [1.807, 2.05) is 0 Å². The smallest absolute Gasteiger partial charge is 0.407 e. The van der Waals surface area contributed by atoms with Gasteiger partial charge in [0.25, 0.3) is 0 Å². The van der Waals surface area contributed by atoms with Gasteiger partial charge in [-0.15, -0.1) is 0 Å². The van der Waals surface area contributed by atoms with Crippen molar-refractivity contribution in [2.75, 3.05) is 32.8 Å². The number of hydrogen-bond acceptors (Lipinski definition) is 5. The van der Waals surface area contributed by atoms with Crippen LogP contribution < -0.4 is 16.0 Å². The summed E-state index contributed by atoms with van der Waals surface area (Å²) in [6, 6.07) is -0.864. The SMILES string of the molecule is CC(C)/C=C/C1CCCOC(=O)NCCC(C(=O)NCC(=O)N2CCCCC2)NC(=O)C1CC(C)C. The van der Waals surface area contributed by atoms with Crippen molar-refractivity contribution in [3.05, 3.63) is 12.2 Å². The highest BCUT2D eigenvalue weighted by molar-refractivity contribution is 5.91. The van der Waals surface area contributed by atoms with Crippen LogP contribution in [0.5, 0.6) is 0 Å². The zero-order chi connectivity index (χ0) is 26.5. The van der Waals surface area contributed by atoms with Gasteiger partial charge in [-0.25, -0.2) is 4.79 Å². The summed E-state index contributed by atoms with van der Waals surface area (Å²) < 4.78 is 5.28. The number of ether oxygens (including phenoxy) is 1. The van der Waals surface area contributed by atoms with Crippen molar-refractivity contribution in [2.45, 2.75) is 78.7 Å². The average molecular weight is 507 g/mol. The van der Waals surface area contributed by atoms with Crippen LogP contribution in [0.15, 0.2) is 12.2 Å². The van der Waals surface area contributed by atoms with Gasteiger partial charge in [-0.3, -0.25) is 14.4 Å². The Bertz CT molecular complexity index is 761. The Morgan fingerprint density at radius 2 is 1.81 bits per heavy atom. The van der Waals surface area contributed by atoms with Crippen LogP contribution in [0, 0.1) is 23.7 Å². The molecule has 9 nitrogen and oxygen atoms in total. The van der Waals surface area contributed by atoms with Gasteiger partial charge in [0.2, 0.25) is 17.7 Å². The van der Waals surface area contributed by atoms with Gasteiger partial charge in [0, 0.05) is 25.6 Å². The second-order valence-corrected chi connectivity index (χ2v) is 10.7. The van der Waals surface area contributed by atoms with E-state index in [1.54, 1.807) is 4.90 Å². The minimum Gasteiger partial charge on any atom is -0.450 e. The van der Waals surface area contributed by atoms with E-state index in [9.17, 15) is 19.2 Å².